The molecule has 5 rings (SSSR count). The summed E-state index contributed by atoms with van der Waals surface area (Å²) in [6, 6.07) is 1.79. The van der Waals surface area contributed by atoms with Crippen molar-refractivity contribution in [1.82, 2.24) is 24.3 Å². The molecule has 1 atom stereocenters. The van der Waals surface area contributed by atoms with Gasteiger partial charge in [-0.05, 0) is 37.7 Å². The summed E-state index contributed by atoms with van der Waals surface area (Å²) >= 11 is 0. The Morgan fingerprint density at radius 2 is 1.94 bits per heavy atom. The number of carbonyl (C=O) groups is 1. The highest BCUT2D eigenvalue weighted by Crippen LogP contribution is 2.40. The topological polar surface area (TPSA) is 101 Å². The van der Waals surface area contributed by atoms with Crippen molar-refractivity contribution in [1.29, 1.82) is 0 Å². The first-order valence-corrected chi connectivity index (χ1v) is 12.2. The number of pyridine rings is 1. The van der Waals surface area contributed by atoms with Crippen molar-refractivity contribution in [2.75, 3.05) is 39.3 Å². The number of carbonyl (C=O) groups excluding carboxylic acids is 1. The lowest BCUT2D eigenvalue weighted by Crippen LogP contribution is -2.50. The summed E-state index contributed by atoms with van der Waals surface area (Å²) in [5, 5.41) is 0.228. The minimum Gasteiger partial charge on any atom is -0.377 e. The zero-order valence-corrected chi connectivity index (χ0v) is 19.5. The van der Waals surface area contributed by atoms with E-state index >= 15 is 0 Å². The Morgan fingerprint density at radius 1 is 1.18 bits per heavy atom. The molecule has 1 N–H and O–H groups in total. The van der Waals surface area contributed by atoms with Crippen LogP contribution in [0.4, 0.5) is 0 Å². The molecule has 9 nitrogen and oxygen atoms in total. The third-order valence-electron chi connectivity index (χ3n) is 6.89. The van der Waals surface area contributed by atoms with Gasteiger partial charge in [-0.25, -0.2) is 9.78 Å². The fraction of sp³-hybridized carbons (Fsp3) is 0.667. The van der Waals surface area contributed by atoms with Crippen LogP contribution in [-0.2, 0) is 11.3 Å². The van der Waals surface area contributed by atoms with E-state index in [2.05, 4.69) is 9.88 Å². The summed E-state index contributed by atoms with van der Waals surface area (Å²) in [6.07, 6.45) is 4.57. The maximum absolute atomic E-state index is 13.6. The van der Waals surface area contributed by atoms with Crippen LogP contribution in [-0.4, -0.2) is 75.7 Å². The van der Waals surface area contributed by atoms with Crippen molar-refractivity contribution >= 4 is 16.9 Å². The lowest BCUT2D eigenvalue weighted by molar-refractivity contribution is 0.0433. The standard InChI is InChI=1S/C24H33N5O4/c1-15(2)13-29-21-20(22(30)26-24(29)32)18(12-19(25-21)16-5-6-16)23(31)28-9-7-27(8-10-28)14-17-4-3-11-33-17/h12,15-17H,3-11,13-14H2,1-2H3,(H,26,30,32). The van der Waals surface area contributed by atoms with Crippen LogP contribution in [0.2, 0.25) is 0 Å². The third kappa shape index (κ3) is 4.61. The lowest BCUT2D eigenvalue weighted by atomic mass is 10.1. The third-order valence-corrected chi connectivity index (χ3v) is 6.89. The molecule has 33 heavy (non-hydrogen) atoms. The van der Waals surface area contributed by atoms with E-state index in [1.807, 2.05) is 18.7 Å². The molecule has 1 saturated carbocycles. The van der Waals surface area contributed by atoms with E-state index < -0.39 is 11.2 Å². The molecular weight excluding hydrogens is 422 g/mol. The van der Waals surface area contributed by atoms with Crippen molar-refractivity contribution < 1.29 is 9.53 Å². The highest BCUT2D eigenvalue weighted by atomic mass is 16.5. The van der Waals surface area contributed by atoms with Gasteiger partial charge in [0.2, 0.25) is 0 Å². The molecule has 4 heterocycles. The van der Waals surface area contributed by atoms with Gasteiger partial charge in [-0.1, -0.05) is 13.8 Å². The number of rotatable bonds is 6. The predicted molar refractivity (Wildman–Crippen MR) is 125 cm³/mol. The maximum Gasteiger partial charge on any atom is 0.330 e. The van der Waals surface area contributed by atoms with Crippen molar-refractivity contribution in [3.05, 3.63) is 38.2 Å². The second-order valence-electron chi connectivity index (χ2n) is 10.1. The lowest BCUT2D eigenvalue weighted by Gasteiger charge is -2.35. The summed E-state index contributed by atoms with van der Waals surface area (Å²) in [5.74, 6) is 0.340. The first kappa shape index (κ1) is 22.3. The molecule has 1 unspecified atom stereocenters. The Kier molecular flexibility index (Phi) is 6.09. The van der Waals surface area contributed by atoms with Crippen LogP contribution in [0.5, 0.6) is 0 Å². The number of aromatic nitrogens is 3. The number of piperazine rings is 1. The molecule has 178 valence electrons. The highest BCUT2D eigenvalue weighted by molar-refractivity contribution is 6.05. The van der Waals surface area contributed by atoms with Gasteiger partial charge >= 0.3 is 5.69 Å². The molecule has 2 aromatic rings. The first-order chi connectivity index (χ1) is 15.9. The number of H-pyrrole nitrogens is 1. The van der Waals surface area contributed by atoms with E-state index in [-0.39, 0.29) is 17.2 Å². The number of aromatic amines is 1. The Hall–Kier alpha value is -2.52. The minimum absolute atomic E-state index is 0.152. The summed E-state index contributed by atoms with van der Waals surface area (Å²) < 4.78 is 7.27. The van der Waals surface area contributed by atoms with E-state index in [1.54, 1.807) is 6.07 Å². The average Bonchev–Trinajstić information content (AvgIpc) is 3.52. The van der Waals surface area contributed by atoms with Crippen molar-refractivity contribution in [2.45, 2.75) is 58.1 Å². The molecule has 0 spiro atoms. The number of fused-ring (bicyclic) bond motifs is 1. The number of hydrogen-bond donors (Lipinski definition) is 1. The van der Waals surface area contributed by atoms with Crippen LogP contribution < -0.4 is 11.2 Å². The van der Waals surface area contributed by atoms with Crippen molar-refractivity contribution in [3.63, 3.8) is 0 Å². The number of nitrogens with zero attached hydrogens (tertiary/aromatic N) is 4. The molecule has 0 aromatic carbocycles. The van der Waals surface area contributed by atoms with E-state index in [0.29, 0.717) is 42.9 Å². The van der Waals surface area contributed by atoms with Gasteiger partial charge in [-0.2, -0.15) is 0 Å². The zero-order valence-electron chi connectivity index (χ0n) is 19.5. The smallest absolute Gasteiger partial charge is 0.330 e. The van der Waals surface area contributed by atoms with Gasteiger partial charge in [0.15, 0.2) is 5.65 Å². The quantitative estimate of drug-likeness (QED) is 0.710. The van der Waals surface area contributed by atoms with Gasteiger partial charge in [-0.15, -0.1) is 0 Å². The summed E-state index contributed by atoms with van der Waals surface area (Å²) in [4.78, 5) is 50.5. The van der Waals surface area contributed by atoms with Crippen LogP contribution in [0.15, 0.2) is 15.7 Å². The van der Waals surface area contributed by atoms with E-state index in [1.165, 1.54) is 4.57 Å². The van der Waals surface area contributed by atoms with Crippen molar-refractivity contribution in [3.8, 4) is 0 Å². The molecule has 1 aliphatic carbocycles. The Morgan fingerprint density at radius 3 is 2.58 bits per heavy atom. The number of nitrogens with one attached hydrogen (secondary N) is 1. The number of amides is 1. The molecule has 0 radical (unpaired) electrons. The fourth-order valence-electron chi connectivity index (χ4n) is 4.97. The van der Waals surface area contributed by atoms with Gasteiger partial charge in [0.1, 0.15) is 0 Å². The van der Waals surface area contributed by atoms with Gasteiger partial charge < -0.3 is 9.64 Å². The van der Waals surface area contributed by atoms with Crippen LogP contribution in [0.1, 0.15) is 61.5 Å². The van der Waals surface area contributed by atoms with Crippen molar-refractivity contribution in [2.24, 2.45) is 5.92 Å². The van der Waals surface area contributed by atoms with E-state index in [9.17, 15) is 14.4 Å². The molecule has 2 saturated heterocycles. The van der Waals surface area contributed by atoms with Crippen LogP contribution in [0.3, 0.4) is 0 Å². The molecule has 2 aromatic heterocycles. The highest BCUT2D eigenvalue weighted by Gasteiger charge is 2.31. The van der Waals surface area contributed by atoms with Gasteiger partial charge in [0, 0.05) is 57.5 Å². The molecule has 9 heteroatoms. The maximum atomic E-state index is 13.6. The first-order valence-electron chi connectivity index (χ1n) is 12.2. The molecular formula is C24H33N5O4. The number of ether oxygens (including phenoxy) is 1. The van der Waals surface area contributed by atoms with Crippen LogP contribution >= 0.6 is 0 Å². The van der Waals surface area contributed by atoms with Crippen LogP contribution in [0.25, 0.3) is 11.0 Å². The Labute approximate surface area is 192 Å². The second-order valence-corrected chi connectivity index (χ2v) is 10.1. The molecule has 3 aliphatic rings. The molecule has 0 bridgehead atoms. The van der Waals surface area contributed by atoms with Gasteiger partial charge in [-0.3, -0.25) is 24.0 Å². The van der Waals surface area contributed by atoms with E-state index in [4.69, 9.17) is 9.72 Å². The average molecular weight is 456 g/mol. The summed E-state index contributed by atoms with van der Waals surface area (Å²) in [6.45, 7) is 9.01. The molecule has 2 aliphatic heterocycles. The SMILES string of the molecule is CC(C)Cn1c(=O)[nH]c(=O)c2c(C(=O)N3CCN(CC4CCCO4)CC3)cc(C3CC3)nc21. The summed E-state index contributed by atoms with van der Waals surface area (Å²) in [5.41, 5.74) is 0.508. The Bertz CT molecular complexity index is 1150. The van der Waals surface area contributed by atoms with Gasteiger partial charge in [0.25, 0.3) is 11.5 Å². The zero-order chi connectivity index (χ0) is 23.1. The van der Waals surface area contributed by atoms with Crippen LogP contribution in [0, 0.1) is 5.92 Å². The van der Waals surface area contributed by atoms with Gasteiger partial charge in [0.05, 0.1) is 17.1 Å². The monoisotopic (exact) mass is 455 g/mol. The Balaban J connectivity index is 1.46. The largest absolute Gasteiger partial charge is 0.377 e. The fourth-order valence-corrected chi connectivity index (χ4v) is 4.97. The summed E-state index contributed by atoms with van der Waals surface area (Å²) in [7, 11) is 0. The second kappa shape index (κ2) is 9.02. The van der Waals surface area contributed by atoms with E-state index in [0.717, 1.165) is 57.6 Å². The molecule has 3 fully saturated rings. The molecule has 1 amide bonds. The predicted octanol–water partition coefficient (Wildman–Crippen LogP) is 1.56. The normalized spacial score (nSPS) is 21.9. The minimum atomic E-state index is -0.537. The number of hydrogen-bond acceptors (Lipinski definition) is 6.